The average molecular weight is 574 g/mol. The molecule has 208 valence electrons. The van der Waals surface area contributed by atoms with Crippen molar-refractivity contribution >= 4 is 40.8 Å². The third kappa shape index (κ3) is 9.00. The second-order valence-corrected chi connectivity index (χ2v) is 10.4. The fraction of sp³-hybridized carbons (Fsp3) is 0.379. The van der Waals surface area contributed by atoms with Gasteiger partial charge < -0.3 is 24.3 Å². The maximum Gasteiger partial charge on any atom is 0.322 e. The number of benzene rings is 2. The number of furan rings is 1. The van der Waals surface area contributed by atoms with E-state index in [1.807, 2.05) is 49.4 Å². The van der Waals surface area contributed by atoms with Crippen molar-refractivity contribution in [3.8, 4) is 0 Å². The Kier molecular flexibility index (Phi) is 10.7. The first-order chi connectivity index (χ1) is 18.9. The van der Waals surface area contributed by atoms with E-state index in [0.29, 0.717) is 60.8 Å². The lowest BCUT2D eigenvalue weighted by molar-refractivity contribution is -0.133. The van der Waals surface area contributed by atoms with E-state index in [1.54, 1.807) is 28.0 Å². The molecule has 3 amide bonds. The second-order valence-electron chi connectivity index (χ2n) is 9.53. The molecule has 1 fully saturated rings. The number of nitrogens with one attached hydrogen (secondary N) is 1. The number of ether oxygens (including phenoxy) is 1. The van der Waals surface area contributed by atoms with Crippen LogP contribution in [0.25, 0.3) is 0 Å². The number of urea groups is 1. The molecule has 0 bridgehead atoms. The number of carbonyl (C=O) groups is 2. The summed E-state index contributed by atoms with van der Waals surface area (Å²) >= 11 is 12.3. The van der Waals surface area contributed by atoms with Gasteiger partial charge in [-0.25, -0.2) is 4.79 Å². The summed E-state index contributed by atoms with van der Waals surface area (Å²) in [5.41, 5.74) is 1.43. The predicted molar refractivity (Wildman–Crippen MR) is 153 cm³/mol. The number of hydrogen-bond acceptors (Lipinski definition) is 5. The lowest BCUT2D eigenvalue weighted by Crippen LogP contribution is -2.45. The molecule has 8 nitrogen and oxygen atoms in total. The smallest absolute Gasteiger partial charge is 0.322 e. The SMILES string of the molecule is Cc1ccc(CN(Cc2ccccc2)C(=O)CN(CCCN2CCOCC2)C(=O)Nc2ccc(Cl)cc2Cl)o1. The van der Waals surface area contributed by atoms with Crippen LogP contribution in [-0.2, 0) is 22.6 Å². The van der Waals surface area contributed by atoms with Gasteiger partial charge in [0.1, 0.15) is 18.1 Å². The zero-order chi connectivity index (χ0) is 27.6. The Morgan fingerprint density at radius 2 is 1.74 bits per heavy atom. The first-order valence-electron chi connectivity index (χ1n) is 13.1. The molecule has 1 aromatic heterocycles. The monoisotopic (exact) mass is 572 g/mol. The van der Waals surface area contributed by atoms with Crippen LogP contribution in [-0.4, -0.2) is 72.6 Å². The molecule has 2 aromatic carbocycles. The quantitative estimate of drug-likeness (QED) is 0.320. The molecule has 0 saturated carbocycles. The van der Waals surface area contributed by atoms with Crippen molar-refractivity contribution in [3.05, 3.63) is 87.8 Å². The molecular formula is C29H34Cl2N4O4. The number of carbonyl (C=O) groups excluding carboxylic acids is 2. The number of hydrogen-bond donors (Lipinski definition) is 1. The van der Waals surface area contributed by atoms with E-state index in [2.05, 4.69) is 10.2 Å². The molecule has 0 unspecified atom stereocenters. The third-order valence-corrected chi connectivity index (χ3v) is 7.05. The van der Waals surface area contributed by atoms with E-state index in [0.717, 1.165) is 31.0 Å². The Hall–Kier alpha value is -3.04. The summed E-state index contributed by atoms with van der Waals surface area (Å²) in [4.78, 5) is 32.7. The number of anilines is 1. The summed E-state index contributed by atoms with van der Waals surface area (Å²) in [5.74, 6) is 1.28. The van der Waals surface area contributed by atoms with Crippen molar-refractivity contribution in [2.45, 2.75) is 26.4 Å². The fourth-order valence-electron chi connectivity index (χ4n) is 4.41. The summed E-state index contributed by atoms with van der Waals surface area (Å²) in [7, 11) is 0. The van der Waals surface area contributed by atoms with Gasteiger partial charge in [-0.05, 0) is 49.2 Å². The molecule has 39 heavy (non-hydrogen) atoms. The van der Waals surface area contributed by atoms with Gasteiger partial charge in [0.2, 0.25) is 5.91 Å². The fourth-order valence-corrected chi connectivity index (χ4v) is 4.86. The number of nitrogens with zero attached hydrogens (tertiary/aromatic N) is 3. The molecule has 0 aliphatic carbocycles. The molecule has 1 aliphatic rings. The zero-order valence-electron chi connectivity index (χ0n) is 22.1. The van der Waals surface area contributed by atoms with Gasteiger partial charge >= 0.3 is 6.03 Å². The van der Waals surface area contributed by atoms with Crippen LogP contribution < -0.4 is 5.32 Å². The molecule has 1 aliphatic heterocycles. The number of amides is 3. The van der Waals surface area contributed by atoms with Crippen LogP contribution >= 0.6 is 23.2 Å². The molecule has 2 heterocycles. The van der Waals surface area contributed by atoms with Crippen LogP contribution in [0.4, 0.5) is 10.5 Å². The van der Waals surface area contributed by atoms with Gasteiger partial charge in [0.25, 0.3) is 0 Å². The van der Waals surface area contributed by atoms with Crippen LogP contribution in [0.1, 0.15) is 23.5 Å². The highest BCUT2D eigenvalue weighted by molar-refractivity contribution is 6.36. The van der Waals surface area contributed by atoms with E-state index in [-0.39, 0.29) is 12.5 Å². The number of halogens is 2. The number of morpholine rings is 1. The summed E-state index contributed by atoms with van der Waals surface area (Å²) in [6.45, 7) is 6.82. The van der Waals surface area contributed by atoms with Crippen LogP contribution in [0, 0.1) is 6.92 Å². The molecular weight excluding hydrogens is 539 g/mol. The van der Waals surface area contributed by atoms with E-state index in [4.69, 9.17) is 32.4 Å². The minimum Gasteiger partial charge on any atom is -0.464 e. The Morgan fingerprint density at radius 1 is 0.974 bits per heavy atom. The molecule has 0 radical (unpaired) electrons. The molecule has 0 atom stereocenters. The van der Waals surface area contributed by atoms with Crippen LogP contribution in [0.2, 0.25) is 10.0 Å². The number of rotatable bonds is 11. The highest BCUT2D eigenvalue weighted by atomic mass is 35.5. The topological polar surface area (TPSA) is 78.3 Å². The lowest BCUT2D eigenvalue weighted by atomic mass is 10.2. The summed E-state index contributed by atoms with van der Waals surface area (Å²) in [6, 6.07) is 18.0. The molecule has 4 rings (SSSR count). The van der Waals surface area contributed by atoms with E-state index < -0.39 is 6.03 Å². The predicted octanol–water partition coefficient (Wildman–Crippen LogP) is 5.68. The maximum absolute atomic E-state index is 13.7. The molecule has 1 N–H and O–H groups in total. The van der Waals surface area contributed by atoms with E-state index in [9.17, 15) is 9.59 Å². The van der Waals surface area contributed by atoms with Gasteiger partial charge in [-0.3, -0.25) is 9.69 Å². The number of aryl methyl sites for hydroxylation is 1. The lowest BCUT2D eigenvalue weighted by Gasteiger charge is -2.30. The average Bonchev–Trinajstić information content (AvgIpc) is 3.34. The Morgan fingerprint density at radius 3 is 2.44 bits per heavy atom. The van der Waals surface area contributed by atoms with Crippen molar-refractivity contribution in [3.63, 3.8) is 0 Å². The van der Waals surface area contributed by atoms with Gasteiger partial charge in [-0.1, -0.05) is 53.5 Å². The minimum absolute atomic E-state index is 0.0906. The van der Waals surface area contributed by atoms with Gasteiger partial charge in [0.05, 0.1) is 30.5 Å². The highest BCUT2D eigenvalue weighted by Crippen LogP contribution is 2.25. The first kappa shape index (κ1) is 29.0. The largest absolute Gasteiger partial charge is 0.464 e. The molecule has 10 heteroatoms. The molecule has 0 spiro atoms. The van der Waals surface area contributed by atoms with Crippen molar-refractivity contribution in [2.24, 2.45) is 0 Å². The van der Waals surface area contributed by atoms with Gasteiger partial charge in [0, 0.05) is 37.7 Å². The minimum atomic E-state index is -0.400. The third-order valence-electron chi connectivity index (χ3n) is 6.50. The standard InChI is InChI=1S/C29H34Cl2N4O4/c1-22-8-10-25(39-22)20-35(19-23-6-3-2-4-7-23)28(36)21-34(13-5-12-33-14-16-38-17-15-33)29(37)32-27-11-9-24(30)18-26(27)31/h2-4,6-11,18H,5,12-17,19-21H2,1H3,(H,32,37). The van der Waals surface area contributed by atoms with Crippen molar-refractivity contribution < 1.29 is 18.7 Å². The van der Waals surface area contributed by atoms with Gasteiger partial charge in [0.15, 0.2) is 0 Å². The second kappa shape index (κ2) is 14.4. The first-order valence-corrected chi connectivity index (χ1v) is 13.8. The van der Waals surface area contributed by atoms with E-state index >= 15 is 0 Å². The van der Waals surface area contributed by atoms with Crippen molar-refractivity contribution in [1.29, 1.82) is 0 Å². The Labute approximate surface area is 239 Å². The summed E-state index contributed by atoms with van der Waals surface area (Å²) in [5, 5.41) is 3.65. The summed E-state index contributed by atoms with van der Waals surface area (Å²) in [6.07, 6.45) is 0.713. The molecule has 1 saturated heterocycles. The van der Waals surface area contributed by atoms with Gasteiger partial charge in [-0.2, -0.15) is 0 Å². The van der Waals surface area contributed by atoms with Crippen LogP contribution in [0.5, 0.6) is 0 Å². The van der Waals surface area contributed by atoms with Crippen LogP contribution in [0.3, 0.4) is 0 Å². The molecule has 3 aromatic rings. The highest BCUT2D eigenvalue weighted by Gasteiger charge is 2.24. The van der Waals surface area contributed by atoms with Gasteiger partial charge in [-0.15, -0.1) is 0 Å². The van der Waals surface area contributed by atoms with Crippen LogP contribution in [0.15, 0.2) is 65.1 Å². The van der Waals surface area contributed by atoms with Crippen molar-refractivity contribution in [2.75, 3.05) is 51.3 Å². The summed E-state index contributed by atoms with van der Waals surface area (Å²) < 4.78 is 11.2. The van der Waals surface area contributed by atoms with E-state index in [1.165, 1.54) is 0 Å². The maximum atomic E-state index is 13.7. The Bertz CT molecular complexity index is 1230. The Balaban J connectivity index is 1.48. The van der Waals surface area contributed by atoms with Crippen molar-refractivity contribution in [1.82, 2.24) is 14.7 Å². The zero-order valence-corrected chi connectivity index (χ0v) is 23.6. The normalized spacial score (nSPS) is 13.7.